The van der Waals surface area contributed by atoms with Crippen molar-refractivity contribution in [3.8, 4) is 0 Å². The van der Waals surface area contributed by atoms with Gasteiger partial charge in [0.1, 0.15) is 18.8 Å². The van der Waals surface area contributed by atoms with Crippen LogP contribution in [0.25, 0.3) is 0 Å². The van der Waals surface area contributed by atoms with Crippen molar-refractivity contribution >= 4 is 11.9 Å². The molecule has 0 saturated heterocycles. The molecule has 0 aromatic carbocycles. The van der Waals surface area contributed by atoms with Gasteiger partial charge in [0.05, 0.1) is 5.92 Å². The van der Waals surface area contributed by atoms with Gasteiger partial charge in [-0.15, -0.1) is 0 Å². The molecule has 1 heterocycles. The molecule has 1 rings (SSSR count). The molecular formula is C16H26O6. The molecule has 126 valence electrons. The van der Waals surface area contributed by atoms with E-state index >= 15 is 0 Å². The van der Waals surface area contributed by atoms with Crippen molar-refractivity contribution in [1.29, 1.82) is 0 Å². The topological polar surface area (TPSA) is 71.1 Å². The Hall–Kier alpha value is -1.40. The van der Waals surface area contributed by atoms with E-state index < -0.39 is 6.29 Å². The van der Waals surface area contributed by atoms with Gasteiger partial charge in [0.2, 0.25) is 0 Å². The third kappa shape index (κ3) is 6.15. The summed E-state index contributed by atoms with van der Waals surface area (Å²) in [5.74, 6) is -0.836. The number of hydrogen-bond acceptors (Lipinski definition) is 6. The fourth-order valence-electron chi connectivity index (χ4n) is 2.39. The van der Waals surface area contributed by atoms with E-state index in [0.717, 1.165) is 12.8 Å². The summed E-state index contributed by atoms with van der Waals surface area (Å²) >= 11 is 0. The van der Waals surface area contributed by atoms with Crippen LogP contribution in [0, 0.1) is 5.92 Å². The zero-order valence-corrected chi connectivity index (χ0v) is 13.7. The van der Waals surface area contributed by atoms with E-state index in [1.807, 2.05) is 26.0 Å². The molecule has 0 N–H and O–H groups in total. The SMILES string of the molecule is CCCC(OC(C)=O)[C@H]1C=C[C@@H](COC(C)=O)O[C@@H]1OCC. The lowest BCUT2D eigenvalue weighted by Crippen LogP contribution is -2.42. The van der Waals surface area contributed by atoms with E-state index in [9.17, 15) is 9.59 Å². The van der Waals surface area contributed by atoms with Crippen molar-refractivity contribution in [3.05, 3.63) is 12.2 Å². The highest BCUT2D eigenvalue weighted by atomic mass is 16.7. The van der Waals surface area contributed by atoms with Crippen molar-refractivity contribution in [2.75, 3.05) is 13.2 Å². The third-order valence-electron chi connectivity index (χ3n) is 3.27. The van der Waals surface area contributed by atoms with Crippen LogP contribution in [0.3, 0.4) is 0 Å². The summed E-state index contributed by atoms with van der Waals surface area (Å²) in [4.78, 5) is 22.2. The average Bonchev–Trinajstić information content (AvgIpc) is 2.45. The van der Waals surface area contributed by atoms with E-state index in [1.54, 1.807) is 0 Å². The predicted octanol–water partition coefficient (Wildman–Crippen LogP) is 2.22. The van der Waals surface area contributed by atoms with E-state index in [4.69, 9.17) is 18.9 Å². The molecule has 1 aliphatic heterocycles. The molecule has 0 saturated carbocycles. The van der Waals surface area contributed by atoms with E-state index in [1.165, 1.54) is 13.8 Å². The monoisotopic (exact) mass is 314 g/mol. The number of ether oxygens (including phenoxy) is 4. The zero-order valence-electron chi connectivity index (χ0n) is 13.7. The summed E-state index contributed by atoms with van der Waals surface area (Å²) in [6.45, 7) is 7.29. The van der Waals surface area contributed by atoms with Gasteiger partial charge in [0.25, 0.3) is 0 Å². The van der Waals surface area contributed by atoms with Gasteiger partial charge in [-0.25, -0.2) is 0 Å². The van der Waals surface area contributed by atoms with Crippen LogP contribution in [0.5, 0.6) is 0 Å². The molecule has 0 amide bonds. The Kier molecular flexibility index (Phi) is 8.12. The van der Waals surface area contributed by atoms with Crippen molar-refractivity contribution in [2.45, 2.75) is 59.0 Å². The highest BCUT2D eigenvalue weighted by Crippen LogP contribution is 2.27. The summed E-state index contributed by atoms with van der Waals surface area (Å²) < 4.78 is 21.8. The minimum absolute atomic E-state index is 0.147. The van der Waals surface area contributed by atoms with Gasteiger partial charge in [-0.3, -0.25) is 9.59 Å². The maximum atomic E-state index is 11.3. The molecule has 0 radical (unpaired) electrons. The quantitative estimate of drug-likeness (QED) is 0.505. The number of hydrogen-bond donors (Lipinski definition) is 0. The molecule has 6 heteroatoms. The lowest BCUT2D eigenvalue weighted by Gasteiger charge is -2.35. The number of esters is 2. The van der Waals surface area contributed by atoms with Crippen LogP contribution in [0.2, 0.25) is 0 Å². The van der Waals surface area contributed by atoms with Gasteiger partial charge in [0.15, 0.2) is 6.29 Å². The fraction of sp³-hybridized carbons (Fsp3) is 0.750. The summed E-state index contributed by atoms with van der Waals surface area (Å²) in [6, 6.07) is 0. The Morgan fingerprint density at radius 3 is 2.45 bits per heavy atom. The van der Waals surface area contributed by atoms with E-state index in [-0.39, 0.29) is 36.7 Å². The highest BCUT2D eigenvalue weighted by molar-refractivity contribution is 5.66. The smallest absolute Gasteiger partial charge is 0.302 e. The first kappa shape index (κ1) is 18.6. The molecule has 0 spiro atoms. The summed E-state index contributed by atoms with van der Waals surface area (Å²) in [5, 5.41) is 0. The number of carbonyl (C=O) groups is 2. The van der Waals surface area contributed by atoms with Crippen molar-refractivity contribution in [1.82, 2.24) is 0 Å². The predicted molar refractivity (Wildman–Crippen MR) is 80.0 cm³/mol. The fourth-order valence-corrected chi connectivity index (χ4v) is 2.39. The molecule has 0 fully saturated rings. The Balaban J connectivity index is 2.78. The molecule has 1 unspecified atom stereocenters. The minimum atomic E-state index is -0.522. The Morgan fingerprint density at radius 1 is 1.18 bits per heavy atom. The second-order valence-corrected chi connectivity index (χ2v) is 5.20. The van der Waals surface area contributed by atoms with Crippen LogP contribution in [0.15, 0.2) is 12.2 Å². The van der Waals surface area contributed by atoms with Crippen LogP contribution >= 0.6 is 0 Å². The molecule has 0 bridgehead atoms. The minimum Gasteiger partial charge on any atom is -0.463 e. The third-order valence-corrected chi connectivity index (χ3v) is 3.27. The second-order valence-electron chi connectivity index (χ2n) is 5.20. The Morgan fingerprint density at radius 2 is 1.91 bits per heavy atom. The molecule has 0 aromatic heterocycles. The van der Waals surface area contributed by atoms with E-state index in [2.05, 4.69) is 0 Å². The standard InChI is InChI=1S/C16H26O6/c1-5-7-15(21-12(4)18)14-9-8-13(10-20-11(3)17)22-16(14)19-6-2/h8-9,13-16H,5-7,10H2,1-4H3/t13-,14+,15?,16-/m0/s1. The van der Waals surface area contributed by atoms with Gasteiger partial charge in [0, 0.05) is 20.5 Å². The molecule has 0 aliphatic carbocycles. The molecule has 4 atom stereocenters. The van der Waals surface area contributed by atoms with Gasteiger partial charge < -0.3 is 18.9 Å². The normalized spacial score (nSPS) is 25.5. The summed E-state index contributed by atoms with van der Waals surface area (Å²) in [7, 11) is 0. The summed E-state index contributed by atoms with van der Waals surface area (Å²) in [5.41, 5.74) is 0. The molecular weight excluding hydrogens is 288 g/mol. The van der Waals surface area contributed by atoms with Gasteiger partial charge in [-0.1, -0.05) is 25.5 Å². The van der Waals surface area contributed by atoms with Crippen LogP contribution < -0.4 is 0 Å². The van der Waals surface area contributed by atoms with Crippen molar-refractivity contribution in [2.24, 2.45) is 5.92 Å². The van der Waals surface area contributed by atoms with Crippen molar-refractivity contribution < 1.29 is 28.5 Å². The van der Waals surface area contributed by atoms with E-state index in [0.29, 0.717) is 6.61 Å². The number of carbonyl (C=O) groups excluding carboxylic acids is 2. The van der Waals surface area contributed by atoms with Crippen LogP contribution in [-0.4, -0.2) is 43.7 Å². The average molecular weight is 314 g/mol. The van der Waals surface area contributed by atoms with Gasteiger partial charge in [-0.05, 0) is 13.3 Å². The van der Waals surface area contributed by atoms with Crippen LogP contribution in [-0.2, 0) is 28.5 Å². The second kappa shape index (κ2) is 9.58. The molecule has 22 heavy (non-hydrogen) atoms. The Labute approximate surface area is 131 Å². The first-order valence-electron chi connectivity index (χ1n) is 7.73. The Bertz CT molecular complexity index is 392. The largest absolute Gasteiger partial charge is 0.463 e. The molecule has 6 nitrogen and oxygen atoms in total. The molecule has 1 aliphatic rings. The molecule has 0 aromatic rings. The van der Waals surface area contributed by atoms with Crippen molar-refractivity contribution in [3.63, 3.8) is 0 Å². The first-order valence-corrected chi connectivity index (χ1v) is 7.73. The number of rotatable bonds is 8. The zero-order chi connectivity index (χ0) is 16.5. The first-order chi connectivity index (χ1) is 10.5. The summed E-state index contributed by atoms with van der Waals surface area (Å²) in [6.07, 6.45) is 4.22. The van der Waals surface area contributed by atoms with Crippen LogP contribution in [0.4, 0.5) is 0 Å². The van der Waals surface area contributed by atoms with Crippen LogP contribution in [0.1, 0.15) is 40.5 Å². The van der Waals surface area contributed by atoms with Gasteiger partial charge in [-0.2, -0.15) is 0 Å². The maximum Gasteiger partial charge on any atom is 0.302 e. The highest BCUT2D eigenvalue weighted by Gasteiger charge is 2.35. The maximum absolute atomic E-state index is 11.3. The lowest BCUT2D eigenvalue weighted by atomic mass is 9.94. The van der Waals surface area contributed by atoms with Gasteiger partial charge >= 0.3 is 11.9 Å². The lowest BCUT2D eigenvalue weighted by molar-refractivity contribution is -0.212.